The van der Waals surface area contributed by atoms with E-state index in [0.29, 0.717) is 23.9 Å². The van der Waals surface area contributed by atoms with Crippen LogP contribution in [0.5, 0.6) is 23.0 Å². The summed E-state index contributed by atoms with van der Waals surface area (Å²) in [6.45, 7) is 0.584. The topological polar surface area (TPSA) is 86.7 Å². The summed E-state index contributed by atoms with van der Waals surface area (Å²) in [5, 5.41) is 8.52. The van der Waals surface area contributed by atoms with Gasteiger partial charge in [0.2, 0.25) is 13.6 Å². The molecular weight excluding hydrogens is 308 g/mol. The summed E-state index contributed by atoms with van der Waals surface area (Å²) in [6, 6.07) is 13.1. The van der Waals surface area contributed by atoms with Crippen LogP contribution in [0.4, 0.5) is 0 Å². The van der Waals surface area contributed by atoms with Gasteiger partial charge in [0.15, 0.2) is 23.0 Å². The highest BCUT2D eigenvalue weighted by Crippen LogP contribution is 2.45. The van der Waals surface area contributed by atoms with Crippen molar-refractivity contribution in [2.45, 2.75) is 18.4 Å². The highest BCUT2D eigenvalue weighted by Gasteiger charge is 2.40. The van der Waals surface area contributed by atoms with E-state index in [-0.39, 0.29) is 12.3 Å². The molecule has 24 heavy (non-hydrogen) atoms. The first-order valence-electron chi connectivity index (χ1n) is 7.67. The molecule has 1 aliphatic carbocycles. The third-order valence-electron chi connectivity index (χ3n) is 4.24. The van der Waals surface area contributed by atoms with Gasteiger partial charge in [0, 0.05) is 11.6 Å². The molecule has 0 aromatic heterocycles. The van der Waals surface area contributed by atoms with Crippen molar-refractivity contribution >= 4 is 0 Å². The van der Waals surface area contributed by atoms with Gasteiger partial charge in [-0.25, -0.2) is 0 Å². The first-order chi connectivity index (χ1) is 11.7. The summed E-state index contributed by atoms with van der Waals surface area (Å²) in [7, 11) is 0. The lowest BCUT2D eigenvalue weighted by Crippen LogP contribution is -2.18. The fourth-order valence-electron chi connectivity index (χ4n) is 2.60. The van der Waals surface area contributed by atoms with E-state index in [1.807, 2.05) is 24.3 Å². The number of fused-ring (bicyclic) bond motifs is 2. The van der Waals surface area contributed by atoms with Crippen LogP contribution >= 0.6 is 0 Å². The summed E-state index contributed by atoms with van der Waals surface area (Å²) < 4.78 is 20.6. The Morgan fingerprint density at radius 3 is 2.04 bits per heavy atom. The van der Waals surface area contributed by atoms with Gasteiger partial charge < -0.3 is 24.7 Å². The van der Waals surface area contributed by atoms with E-state index in [2.05, 4.69) is 0 Å². The predicted octanol–water partition coefficient (Wildman–Crippen LogP) is 2.65. The maximum atomic E-state index is 8.52. The van der Waals surface area contributed by atoms with E-state index in [4.69, 9.17) is 29.9 Å². The number of ether oxygens (including phenoxy) is 4. The van der Waals surface area contributed by atoms with Crippen LogP contribution in [0.25, 0.3) is 0 Å². The van der Waals surface area contributed by atoms with Gasteiger partial charge in [0.05, 0.1) is 11.6 Å². The van der Waals surface area contributed by atoms with Gasteiger partial charge >= 0.3 is 0 Å². The minimum absolute atomic E-state index is 0.0824. The third kappa shape index (κ3) is 2.70. The molecule has 6 heteroatoms. The molecule has 2 aromatic rings. The molecule has 2 N–H and O–H groups in total. The Bertz CT molecular complexity index is 824. The molecule has 1 saturated carbocycles. The summed E-state index contributed by atoms with van der Waals surface area (Å²) in [6.07, 6.45) is 2.15. The van der Waals surface area contributed by atoms with Gasteiger partial charge in [-0.15, -0.1) is 0 Å². The Kier molecular flexibility index (Phi) is 3.44. The molecule has 0 amide bonds. The number of nitriles is 1. The fourth-order valence-corrected chi connectivity index (χ4v) is 2.60. The average molecular weight is 324 g/mol. The van der Waals surface area contributed by atoms with Crippen molar-refractivity contribution in [3.63, 3.8) is 0 Å². The quantitative estimate of drug-likeness (QED) is 0.868. The SMILES string of the molecule is N#Cc1ccc2c(c1)OCO2.NC1(c2ccc3c(c2)OCO3)CC1. The molecule has 0 spiro atoms. The average Bonchev–Trinajstić information content (AvgIpc) is 3.05. The third-order valence-corrected chi connectivity index (χ3v) is 4.24. The molecule has 3 aliphatic rings. The summed E-state index contributed by atoms with van der Waals surface area (Å²) in [5.41, 5.74) is 7.74. The summed E-state index contributed by atoms with van der Waals surface area (Å²) in [4.78, 5) is 0. The van der Waals surface area contributed by atoms with E-state index in [1.165, 1.54) is 0 Å². The molecule has 2 aromatic carbocycles. The van der Waals surface area contributed by atoms with Crippen molar-refractivity contribution in [1.82, 2.24) is 0 Å². The smallest absolute Gasteiger partial charge is 0.231 e. The number of nitrogens with two attached hydrogens (primary N) is 1. The molecule has 2 heterocycles. The van der Waals surface area contributed by atoms with Crippen molar-refractivity contribution in [3.05, 3.63) is 47.5 Å². The minimum Gasteiger partial charge on any atom is -0.454 e. The van der Waals surface area contributed by atoms with Gasteiger partial charge in [0.1, 0.15) is 0 Å². The van der Waals surface area contributed by atoms with Crippen molar-refractivity contribution < 1.29 is 18.9 Å². The van der Waals surface area contributed by atoms with Crippen LogP contribution in [0.1, 0.15) is 24.0 Å². The fraction of sp³-hybridized carbons (Fsp3) is 0.278. The zero-order chi connectivity index (χ0) is 16.6. The Morgan fingerprint density at radius 2 is 1.42 bits per heavy atom. The second-order valence-electron chi connectivity index (χ2n) is 5.90. The van der Waals surface area contributed by atoms with Crippen LogP contribution in [0.3, 0.4) is 0 Å². The van der Waals surface area contributed by atoms with E-state index in [1.54, 1.807) is 18.2 Å². The second kappa shape index (κ2) is 5.62. The molecular formula is C18H16N2O4. The standard InChI is InChI=1S/C10H11NO2.C8H5NO2/c11-10(3-4-10)7-1-2-8-9(5-7)13-6-12-8;9-4-6-1-2-7-8(3-6)11-5-10-7/h1-2,5H,3-4,6,11H2;1-3H,5H2. The molecule has 6 nitrogen and oxygen atoms in total. The molecule has 5 rings (SSSR count). The minimum atomic E-state index is -0.0824. The Balaban J connectivity index is 0.000000123. The van der Waals surface area contributed by atoms with Crippen LogP contribution in [0.15, 0.2) is 36.4 Å². The van der Waals surface area contributed by atoms with Crippen molar-refractivity contribution in [2.24, 2.45) is 5.73 Å². The lowest BCUT2D eigenvalue weighted by molar-refractivity contribution is 0.173. The van der Waals surface area contributed by atoms with Gasteiger partial charge in [-0.2, -0.15) is 5.26 Å². The molecule has 0 bridgehead atoms. The first kappa shape index (κ1) is 14.7. The number of hydrogen-bond donors (Lipinski definition) is 1. The second-order valence-corrected chi connectivity index (χ2v) is 5.90. The van der Waals surface area contributed by atoms with Crippen molar-refractivity contribution in [3.8, 4) is 29.1 Å². The Hall–Kier alpha value is -2.91. The number of rotatable bonds is 1. The monoisotopic (exact) mass is 324 g/mol. The van der Waals surface area contributed by atoms with Crippen LogP contribution in [0.2, 0.25) is 0 Å². The van der Waals surface area contributed by atoms with E-state index >= 15 is 0 Å². The molecule has 2 aliphatic heterocycles. The molecule has 0 unspecified atom stereocenters. The largest absolute Gasteiger partial charge is 0.454 e. The number of hydrogen-bond acceptors (Lipinski definition) is 6. The Labute approximate surface area is 139 Å². The lowest BCUT2D eigenvalue weighted by atomic mass is 10.1. The van der Waals surface area contributed by atoms with Crippen LogP contribution < -0.4 is 24.7 Å². The number of benzene rings is 2. The van der Waals surface area contributed by atoms with Crippen LogP contribution in [-0.2, 0) is 5.54 Å². The molecule has 122 valence electrons. The van der Waals surface area contributed by atoms with Crippen LogP contribution in [0, 0.1) is 11.3 Å². The maximum absolute atomic E-state index is 8.52. The van der Waals surface area contributed by atoms with Gasteiger partial charge in [-0.1, -0.05) is 6.07 Å². The van der Waals surface area contributed by atoms with Gasteiger partial charge in [-0.3, -0.25) is 0 Å². The molecule has 1 fully saturated rings. The van der Waals surface area contributed by atoms with Crippen molar-refractivity contribution in [1.29, 1.82) is 5.26 Å². The lowest BCUT2D eigenvalue weighted by Gasteiger charge is -2.08. The predicted molar refractivity (Wildman–Crippen MR) is 84.9 cm³/mol. The van der Waals surface area contributed by atoms with Crippen molar-refractivity contribution in [2.75, 3.05) is 13.6 Å². The molecule has 0 radical (unpaired) electrons. The highest BCUT2D eigenvalue weighted by molar-refractivity contribution is 5.48. The van der Waals surface area contributed by atoms with Gasteiger partial charge in [-0.05, 0) is 42.7 Å². The van der Waals surface area contributed by atoms with E-state index in [9.17, 15) is 0 Å². The van der Waals surface area contributed by atoms with Gasteiger partial charge in [0.25, 0.3) is 0 Å². The first-order valence-corrected chi connectivity index (χ1v) is 7.67. The van der Waals surface area contributed by atoms with Crippen LogP contribution in [-0.4, -0.2) is 13.6 Å². The maximum Gasteiger partial charge on any atom is 0.231 e. The van der Waals surface area contributed by atoms with E-state index in [0.717, 1.165) is 29.9 Å². The van der Waals surface area contributed by atoms with E-state index < -0.39 is 0 Å². The molecule has 0 saturated heterocycles. The Morgan fingerprint density at radius 1 is 0.833 bits per heavy atom. The zero-order valence-corrected chi connectivity index (χ0v) is 13.0. The zero-order valence-electron chi connectivity index (χ0n) is 13.0. The molecule has 0 atom stereocenters. The summed E-state index contributed by atoms with van der Waals surface area (Å²) in [5.74, 6) is 3.02. The highest BCUT2D eigenvalue weighted by atomic mass is 16.7. The number of nitrogens with zero attached hydrogens (tertiary/aromatic N) is 1. The normalized spacial score (nSPS) is 17.5. The summed E-state index contributed by atoms with van der Waals surface area (Å²) >= 11 is 0.